The highest BCUT2D eigenvalue weighted by molar-refractivity contribution is 6.31. The zero-order valence-corrected chi connectivity index (χ0v) is 11.3. The molecule has 0 saturated heterocycles. The van der Waals surface area contributed by atoms with Crippen molar-refractivity contribution in [3.63, 3.8) is 0 Å². The van der Waals surface area contributed by atoms with Crippen LogP contribution in [0.3, 0.4) is 0 Å². The first kappa shape index (κ1) is 12.2. The van der Waals surface area contributed by atoms with Gasteiger partial charge in [-0.3, -0.25) is 0 Å². The summed E-state index contributed by atoms with van der Waals surface area (Å²) in [6.07, 6.45) is 1.89. The first-order valence-corrected chi connectivity index (χ1v) is 6.08. The fourth-order valence-electron chi connectivity index (χ4n) is 1.98. The van der Waals surface area contributed by atoms with Crippen LogP contribution in [-0.4, -0.2) is 9.55 Å². The molecule has 0 aliphatic heterocycles. The maximum atomic E-state index is 6.05. The van der Waals surface area contributed by atoms with Crippen LogP contribution in [0.1, 0.15) is 26.6 Å². The summed E-state index contributed by atoms with van der Waals surface area (Å²) in [4.78, 5) is 4.70. The number of halogens is 1. The number of nitrogens with zero attached hydrogens (tertiary/aromatic N) is 2. The number of fused-ring (bicyclic) bond motifs is 1. The standard InChI is InChI=1S/C14H17ClN2/c1-5-8-17-12-9-10(15)6-7-11(12)16-13(17)14(2,3)4/h5-7,9H,1,8H2,2-4H3. The fraction of sp³-hybridized carbons (Fsp3) is 0.357. The van der Waals surface area contributed by atoms with Gasteiger partial charge in [0.25, 0.3) is 0 Å². The molecule has 90 valence electrons. The minimum Gasteiger partial charge on any atom is -0.324 e. The first-order chi connectivity index (χ1) is 7.93. The topological polar surface area (TPSA) is 17.8 Å². The van der Waals surface area contributed by atoms with Gasteiger partial charge in [0.2, 0.25) is 0 Å². The molecular weight excluding hydrogens is 232 g/mol. The van der Waals surface area contributed by atoms with E-state index in [1.165, 1.54) is 0 Å². The molecule has 0 atom stereocenters. The Morgan fingerprint density at radius 3 is 2.71 bits per heavy atom. The van der Waals surface area contributed by atoms with Gasteiger partial charge in [0.15, 0.2) is 0 Å². The predicted molar refractivity (Wildman–Crippen MR) is 73.6 cm³/mol. The van der Waals surface area contributed by atoms with Gasteiger partial charge in [0.05, 0.1) is 11.0 Å². The molecule has 2 rings (SSSR count). The monoisotopic (exact) mass is 248 g/mol. The lowest BCUT2D eigenvalue weighted by molar-refractivity contribution is 0.518. The molecule has 0 N–H and O–H groups in total. The van der Waals surface area contributed by atoms with E-state index in [2.05, 4.69) is 31.9 Å². The smallest absolute Gasteiger partial charge is 0.115 e. The lowest BCUT2D eigenvalue weighted by Gasteiger charge is -2.19. The Bertz CT molecular complexity index is 561. The SMILES string of the molecule is C=CCn1c(C(C)(C)C)nc2ccc(Cl)cc21. The van der Waals surface area contributed by atoms with Gasteiger partial charge in [-0.15, -0.1) is 6.58 Å². The van der Waals surface area contributed by atoms with Gasteiger partial charge in [-0.25, -0.2) is 4.98 Å². The first-order valence-electron chi connectivity index (χ1n) is 5.70. The van der Waals surface area contributed by atoms with E-state index < -0.39 is 0 Å². The highest BCUT2D eigenvalue weighted by Gasteiger charge is 2.22. The summed E-state index contributed by atoms with van der Waals surface area (Å²) in [6, 6.07) is 5.80. The number of aromatic nitrogens is 2. The molecule has 0 bridgehead atoms. The summed E-state index contributed by atoms with van der Waals surface area (Å²) in [7, 11) is 0. The second-order valence-corrected chi connectivity index (χ2v) is 5.65. The highest BCUT2D eigenvalue weighted by atomic mass is 35.5. The Hall–Kier alpha value is -1.28. The molecule has 0 fully saturated rings. The maximum Gasteiger partial charge on any atom is 0.115 e. The summed E-state index contributed by atoms with van der Waals surface area (Å²) in [5.74, 6) is 1.06. The Labute approximate surface area is 107 Å². The van der Waals surface area contributed by atoms with Crippen molar-refractivity contribution in [2.24, 2.45) is 0 Å². The van der Waals surface area contributed by atoms with Gasteiger partial charge in [-0.2, -0.15) is 0 Å². The fourth-order valence-corrected chi connectivity index (χ4v) is 2.15. The third kappa shape index (κ3) is 2.22. The lowest BCUT2D eigenvalue weighted by Crippen LogP contribution is -2.18. The van der Waals surface area contributed by atoms with Crippen molar-refractivity contribution in [3.8, 4) is 0 Å². The van der Waals surface area contributed by atoms with Gasteiger partial charge >= 0.3 is 0 Å². The van der Waals surface area contributed by atoms with Gasteiger partial charge in [-0.1, -0.05) is 38.4 Å². The van der Waals surface area contributed by atoms with E-state index in [1.54, 1.807) is 0 Å². The Morgan fingerprint density at radius 2 is 2.12 bits per heavy atom. The van der Waals surface area contributed by atoms with Gasteiger partial charge in [-0.05, 0) is 18.2 Å². The number of hydrogen-bond donors (Lipinski definition) is 0. The van der Waals surface area contributed by atoms with Crippen LogP contribution in [0.2, 0.25) is 5.02 Å². The number of benzene rings is 1. The van der Waals surface area contributed by atoms with Crippen LogP contribution in [-0.2, 0) is 12.0 Å². The van der Waals surface area contributed by atoms with E-state index in [0.29, 0.717) is 0 Å². The van der Waals surface area contributed by atoms with Crippen LogP contribution in [0.15, 0.2) is 30.9 Å². The average Bonchev–Trinajstić information content (AvgIpc) is 2.57. The predicted octanol–water partition coefficient (Wildman–Crippen LogP) is 4.17. The molecule has 0 aliphatic carbocycles. The van der Waals surface area contributed by atoms with E-state index in [9.17, 15) is 0 Å². The summed E-state index contributed by atoms with van der Waals surface area (Å²) < 4.78 is 2.17. The molecule has 2 aromatic rings. The molecule has 0 unspecified atom stereocenters. The van der Waals surface area contributed by atoms with Crippen LogP contribution in [0, 0.1) is 0 Å². The van der Waals surface area contributed by atoms with E-state index in [1.807, 2.05) is 24.3 Å². The largest absolute Gasteiger partial charge is 0.324 e. The van der Waals surface area contributed by atoms with Crippen molar-refractivity contribution in [2.45, 2.75) is 32.7 Å². The molecule has 0 radical (unpaired) electrons. The number of imidazole rings is 1. The molecule has 0 spiro atoms. The van der Waals surface area contributed by atoms with Crippen molar-refractivity contribution >= 4 is 22.6 Å². The molecule has 1 aromatic carbocycles. The van der Waals surface area contributed by atoms with Crippen molar-refractivity contribution in [3.05, 3.63) is 41.7 Å². The summed E-state index contributed by atoms with van der Waals surface area (Å²) in [5, 5.41) is 0.739. The van der Waals surface area contributed by atoms with E-state index in [0.717, 1.165) is 28.4 Å². The van der Waals surface area contributed by atoms with Gasteiger partial charge in [0.1, 0.15) is 5.82 Å². The zero-order valence-electron chi connectivity index (χ0n) is 10.5. The Balaban J connectivity index is 2.75. The number of rotatable bonds is 2. The van der Waals surface area contributed by atoms with Gasteiger partial charge < -0.3 is 4.57 Å². The van der Waals surface area contributed by atoms with Crippen LogP contribution in [0.4, 0.5) is 0 Å². The summed E-state index contributed by atoms with van der Waals surface area (Å²) in [6.45, 7) is 11.0. The normalized spacial score (nSPS) is 12.0. The number of hydrogen-bond acceptors (Lipinski definition) is 1. The molecule has 0 aliphatic rings. The molecule has 0 amide bonds. The van der Waals surface area contributed by atoms with Gasteiger partial charge in [0, 0.05) is 17.0 Å². The molecule has 0 saturated carbocycles. The van der Waals surface area contributed by atoms with E-state index >= 15 is 0 Å². The van der Waals surface area contributed by atoms with Crippen molar-refractivity contribution in [1.82, 2.24) is 9.55 Å². The van der Waals surface area contributed by atoms with E-state index in [4.69, 9.17) is 16.6 Å². The molecule has 2 nitrogen and oxygen atoms in total. The Kier molecular flexibility index (Phi) is 3.00. The van der Waals surface area contributed by atoms with Crippen molar-refractivity contribution < 1.29 is 0 Å². The van der Waals surface area contributed by atoms with Crippen molar-refractivity contribution in [1.29, 1.82) is 0 Å². The minimum atomic E-state index is 0.00844. The average molecular weight is 249 g/mol. The quantitative estimate of drug-likeness (QED) is 0.730. The molecular formula is C14H17ClN2. The van der Waals surface area contributed by atoms with Crippen LogP contribution in [0.5, 0.6) is 0 Å². The second kappa shape index (κ2) is 4.19. The molecule has 1 heterocycles. The van der Waals surface area contributed by atoms with Crippen LogP contribution >= 0.6 is 11.6 Å². The lowest BCUT2D eigenvalue weighted by atomic mass is 9.95. The summed E-state index contributed by atoms with van der Waals surface area (Å²) in [5.41, 5.74) is 2.07. The third-order valence-electron chi connectivity index (χ3n) is 2.69. The molecule has 17 heavy (non-hydrogen) atoms. The second-order valence-electron chi connectivity index (χ2n) is 5.22. The Morgan fingerprint density at radius 1 is 1.41 bits per heavy atom. The van der Waals surface area contributed by atoms with Crippen LogP contribution < -0.4 is 0 Å². The maximum absolute atomic E-state index is 6.05. The summed E-state index contributed by atoms with van der Waals surface area (Å²) >= 11 is 6.05. The van der Waals surface area contributed by atoms with E-state index in [-0.39, 0.29) is 5.41 Å². The third-order valence-corrected chi connectivity index (χ3v) is 2.93. The zero-order chi connectivity index (χ0) is 12.6. The highest BCUT2D eigenvalue weighted by Crippen LogP contribution is 2.27. The molecule has 3 heteroatoms. The van der Waals surface area contributed by atoms with Crippen molar-refractivity contribution in [2.75, 3.05) is 0 Å². The minimum absolute atomic E-state index is 0.00844. The number of allylic oxidation sites excluding steroid dienone is 1. The molecule has 1 aromatic heterocycles. The van der Waals surface area contributed by atoms with Crippen LogP contribution in [0.25, 0.3) is 11.0 Å².